The van der Waals surface area contributed by atoms with Gasteiger partial charge in [0.05, 0.1) is 24.1 Å². The molecule has 7 heteroatoms. The van der Waals surface area contributed by atoms with Crippen molar-refractivity contribution in [2.45, 2.75) is 58.9 Å². The molecule has 1 N–H and O–H groups in total. The Kier molecular flexibility index (Phi) is 10.1. The maximum absolute atomic E-state index is 12.2. The third-order valence-corrected chi connectivity index (χ3v) is 7.61. The number of rotatable bonds is 13. The number of hydrogen-bond acceptors (Lipinski definition) is 3. The molecule has 3 aromatic carbocycles. The summed E-state index contributed by atoms with van der Waals surface area (Å²) in [4.78, 5) is 17.1. The van der Waals surface area contributed by atoms with Crippen LogP contribution in [-0.4, -0.2) is 28.6 Å². The summed E-state index contributed by atoms with van der Waals surface area (Å²) in [5, 5.41) is 4.44. The Morgan fingerprint density at radius 3 is 2.47 bits per heavy atom. The molecule has 0 radical (unpaired) electrons. The third-order valence-electron chi connectivity index (χ3n) is 6.65. The monoisotopic (exact) mass is 551 g/mol. The average Bonchev–Trinajstić information content (AvgIpc) is 3.25. The number of amides is 1. The Morgan fingerprint density at radius 2 is 1.68 bits per heavy atom. The topological polar surface area (TPSA) is 56.1 Å². The zero-order valence-electron chi connectivity index (χ0n) is 22.1. The zero-order chi connectivity index (χ0) is 26.9. The van der Waals surface area contributed by atoms with Crippen molar-refractivity contribution < 1.29 is 9.53 Å². The number of unbranched alkanes of at least 4 members (excludes halogenated alkanes) is 2. The van der Waals surface area contributed by atoms with E-state index in [4.69, 9.17) is 32.9 Å². The highest BCUT2D eigenvalue weighted by Crippen LogP contribution is 2.26. The number of para-hydroxylation sites is 2. The van der Waals surface area contributed by atoms with Crippen molar-refractivity contribution in [1.29, 1.82) is 0 Å². The number of halogens is 2. The molecule has 1 amide bonds. The number of aryl methyl sites for hydroxylation is 4. The maximum atomic E-state index is 12.2. The predicted octanol–water partition coefficient (Wildman–Crippen LogP) is 7.50. The van der Waals surface area contributed by atoms with Gasteiger partial charge in [-0.15, -0.1) is 0 Å². The third kappa shape index (κ3) is 7.52. The molecule has 0 unspecified atom stereocenters. The highest BCUT2D eigenvalue weighted by Gasteiger charge is 2.11. The van der Waals surface area contributed by atoms with Gasteiger partial charge in [0.15, 0.2) is 0 Å². The molecule has 0 bridgehead atoms. The van der Waals surface area contributed by atoms with Crippen LogP contribution in [0, 0.1) is 13.8 Å². The maximum Gasteiger partial charge on any atom is 0.224 e. The van der Waals surface area contributed by atoms with Gasteiger partial charge in [-0.2, -0.15) is 0 Å². The zero-order valence-corrected chi connectivity index (χ0v) is 23.6. The summed E-state index contributed by atoms with van der Waals surface area (Å²) >= 11 is 12.4. The van der Waals surface area contributed by atoms with E-state index in [2.05, 4.69) is 28.1 Å². The molecule has 0 fully saturated rings. The van der Waals surface area contributed by atoms with Crippen LogP contribution in [0.15, 0.2) is 60.7 Å². The van der Waals surface area contributed by atoms with Crippen molar-refractivity contribution >= 4 is 40.1 Å². The highest BCUT2D eigenvalue weighted by atomic mass is 35.5. The number of nitrogens with zero attached hydrogens (tertiary/aromatic N) is 2. The molecule has 0 spiro atoms. The molecule has 1 heterocycles. The van der Waals surface area contributed by atoms with E-state index < -0.39 is 0 Å². The lowest BCUT2D eigenvalue weighted by Gasteiger charge is -2.12. The Labute approximate surface area is 235 Å². The van der Waals surface area contributed by atoms with Crippen molar-refractivity contribution in [3.63, 3.8) is 0 Å². The minimum atomic E-state index is 0.00559. The van der Waals surface area contributed by atoms with Gasteiger partial charge in [-0.1, -0.05) is 60.0 Å². The summed E-state index contributed by atoms with van der Waals surface area (Å²) < 4.78 is 8.35. The summed E-state index contributed by atoms with van der Waals surface area (Å²) in [6.45, 7) is 6.14. The smallest absolute Gasteiger partial charge is 0.224 e. The number of ether oxygens (including phenoxy) is 1. The first-order chi connectivity index (χ1) is 18.4. The number of carbonyl (C=O) groups excluding carboxylic acids is 1. The summed E-state index contributed by atoms with van der Waals surface area (Å²) in [7, 11) is 0. The molecule has 0 aliphatic rings. The van der Waals surface area contributed by atoms with Gasteiger partial charge in [-0.25, -0.2) is 4.98 Å². The van der Waals surface area contributed by atoms with Gasteiger partial charge in [-0.3, -0.25) is 4.79 Å². The summed E-state index contributed by atoms with van der Waals surface area (Å²) in [6, 6.07) is 19.7. The fourth-order valence-electron chi connectivity index (χ4n) is 4.66. The lowest BCUT2D eigenvalue weighted by molar-refractivity contribution is -0.120. The molecule has 5 nitrogen and oxygen atoms in total. The van der Waals surface area contributed by atoms with Crippen LogP contribution in [0.25, 0.3) is 11.0 Å². The Balaban J connectivity index is 1.23. The van der Waals surface area contributed by atoms with E-state index in [1.807, 2.05) is 56.3 Å². The van der Waals surface area contributed by atoms with E-state index in [0.717, 1.165) is 83.0 Å². The fraction of sp³-hybridized carbons (Fsp3) is 0.355. The molecule has 4 rings (SSSR count). The quantitative estimate of drug-likeness (QED) is 0.175. The van der Waals surface area contributed by atoms with Gasteiger partial charge in [0.2, 0.25) is 5.91 Å². The van der Waals surface area contributed by atoms with Crippen LogP contribution in [0.3, 0.4) is 0 Å². The van der Waals surface area contributed by atoms with E-state index in [-0.39, 0.29) is 5.91 Å². The lowest BCUT2D eigenvalue weighted by Crippen LogP contribution is -2.26. The van der Waals surface area contributed by atoms with Gasteiger partial charge in [-0.05, 0) is 80.1 Å². The van der Waals surface area contributed by atoms with Gasteiger partial charge in [0.1, 0.15) is 11.6 Å². The molecular formula is C31H35Cl2N3O2. The molecule has 0 aliphatic heterocycles. The van der Waals surface area contributed by atoms with E-state index in [1.54, 1.807) is 0 Å². The van der Waals surface area contributed by atoms with Crippen molar-refractivity contribution in [3.8, 4) is 5.75 Å². The largest absolute Gasteiger partial charge is 0.494 e. The van der Waals surface area contributed by atoms with Gasteiger partial charge >= 0.3 is 0 Å². The van der Waals surface area contributed by atoms with Crippen LogP contribution in [0.5, 0.6) is 5.75 Å². The van der Waals surface area contributed by atoms with Crippen LogP contribution in [0.4, 0.5) is 0 Å². The summed E-state index contributed by atoms with van der Waals surface area (Å²) in [5.74, 6) is 1.97. The Bertz CT molecular complexity index is 1360. The number of fused-ring (bicyclic) bond motifs is 1. The molecule has 0 aliphatic carbocycles. The normalized spacial score (nSPS) is 11.2. The van der Waals surface area contributed by atoms with E-state index in [9.17, 15) is 4.79 Å². The van der Waals surface area contributed by atoms with E-state index >= 15 is 0 Å². The van der Waals surface area contributed by atoms with Gasteiger partial charge in [0, 0.05) is 29.6 Å². The second-order valence-electron chi connectivity index (χ2n) is 9.67. The first-order valence-electron chi connectivity index (χ1n) is 13.3. The fourth-order valence-corrected chi connectivity index (χ4v) is 4.97. The van der Waals surface area contributed by atoms with Gasteiger partial charge < -0.3 is 14.6 Å². The lowest BCUT2D eigenvalue weighted by atomic mass is 10.1. The second kappa shape index (κ2) is 13.7. The molecule has 4 aromatic rings. The molecule has 0 saturated carbocycles. The molecule has 0 saturated heterocycles. The first kappa shape index (κ1) is 28.0. The van der Waals surface area contributed by atoms with E-state index in [1.165, 1.54) is 0 Å². The number of imidazole rings is 1. The van der Waals surface area contributed by atoms with Crippen molar-refractivity contribution in [3.05, 3.63) is 93.2 Å². The molecule has 200 valence electrons. The van der Waals surface area contributed by atoms with Crippen LogP contribution in [0.2, 0.25) is 10.0 Å². The summed E-state index contributed by atoms with van der Waals surface area (Å²) in [5.41, 5.74) is 5.11. The number of nitrogens with one attached hydrogen (secondary N) is 1. The minimum absolute atomic E-state index is 0.00559. The molecule has 38 heavy (non-hydrogen) atoms. The van der Waals surface area contributed by atoms with Crippen molar-refractivity contribution in [2.75, 3.05) is 13.2 Å². The Morgan fingerprint density at radius 1 is 0.947 bits per heavy atom. The second-order valence-corrected chi connectivity index (χ2v) is 10.5. The van der Waals surface area contributed by atoms with E-state index in [0.29, 0.717) is 24.6 Å². The average molecular weight is 553 g/mol. The predicted molar refractivity (Wildman–Crippen MR) is 156 cm³/mol. The number of hydrogen-bond donors (Lipinski definition) is 1. The number of carbonyl (C=O) groups is 1. The Hall–Kier alpha value is -3.02. The van der Waals surface area contributed by atoms with Crippen molar-refractivity contribution in [2.24, 2.45) is 0 Å². The SMILES string of the molecule is Cc1cc(OCCCn2c(CCCCCNC(=O)Cc3ccccc3Cl)nc3ccccc32)cc(C)c1Cl. The molecule has 1 aromatic heterocycles. The van der Waals surface area contributed by atoms with Crippen LogP contribution < -0.4 is 10.1 Å². The summed E-state index contributed by atoms with van der Waals surface area (Å²) in [6.07, 6.45) is 5.06. The highest BCUT2D eigenvalue weighted by molar-refractivity contribution is 6.32. The molecule has 0 atom stereocenters. The first-order valence-corrected chi connectivity index (χ1v) is 14.0. The molecular weight excluding hydrogens is 517 g/mol. The van der Waals surface area contributed by atoms with Gasteiger partial charge in [0.25, 0.3) is 0 Å². The number of aromatic nitrogens is 2. The number of benzene rings is 3. The minimum Gasteiger partial charge on any atom is -0.494 e. The van der Waals surface area contributed by atoms with Crippen LogP contribution >= 0.6 is 23.2 Å². The van der Waals surface area contributed by atoms with Crippen LogP contribution in [-0.2, 0) is 24.2 Å². The standard InChI is InChI=1S/C31H35Cl2N3O2/c1-22-19-25(20-23(2)31(22)33)38-18-10-17-36-28-14-8-7-13-27(28)35-29(36)15-4-3-9-16-34-30(37)21-24-11-5-6-12-26(24)32/h5-8,11-14,19-20H,3-4,9-10,15-18,21H2,1-2H3,(H,34,37). The van der Waals surface area contributed by atoms with Crippen LogP contribution in [0.1, 0.15) is 48.2 Å². The van der Waals surface area contributed by atoms with Crippen molar-refractivity contribution in [1.82, 2.24) is 14.9 Å².